The van der Waals surface area contributed by atoms with Crippen molar-refractivity contribution in [2.75, 3.05) is 6.54 Å². The van der Waals surface area contributed by atoms with Gasteiger partial charge in [0.2, 0.25) is 0 Å². The number of hydrogen-bond donors (Lipinski definition) is 1. The molecule has 0 aliphatic carbocycles. The molecule has 0 fully saturated rings. The molecule has 9 heavy (non-hydrogen) atoms. The smallest absolute Gasteiger partial charge is 0.0967 e. The molecule has 1 aliphatic heterocycles. The number of nitrogens with zero attached hydrogens (tertiary/aromatic N) is 2. The molecule has 0 bridgehead atoms. The maximum Gasteiger partial charge on any atom is 0.0967 e. The molecule has 0 aromatic heterocycles. The number of nitriles is 1. The minimum absolute atomic E-state index is 0.299. The Labute approximate surface area is 53.1 Å². The highest BCUT2D eigenvalue weighted by Crippen LogP contribution is 2.02. The zero-order valence-corrected chi connectivity index (χ0v) is 4.78. The van der Waals surface area contributed by atoms with E-state index in [-0.39, 0.29) is 0 Å². The average Bonchev–Trinajstić information content (AvgIpc) is 1.88. The lowest BCUT2D eigenvalue weighted by atomic mass is 10.2. The minimum Gasteiger partial charge on any atom is -0.289 e. The van der Waals surface area contributed by atoms with Crippen molar-refractivity contribution in [3.63, 3.8) is 0 Å². The predicted molar refractivity (Wildman–Crippen MR) is 31.3 cm³/mol. The predicted octanol–water partition coefficient (Wildman–Crippen LogP) is 0.655. The van der Waals surface area contributed by atoms with Crippen LogP contribution in [0.15, 0.2) is 23.9 Å². The van der Waals surface area contributed by atoms with Crippen molar-refractivity contribution < 1.29 is 5.21 Å². The molecular weight excluding hydrogens is 116 g/mol. The lowest BCUT2D eigenvalue weighted by molar-refractivity contribution is -0.0318. The topological polar surface area (TPSA) is 47.3 Å². The Kier molecular flexibility index (Phi) is 1.52. The molecule has 1 heterocycles. The van der Waals surface area contributed by atoms with E-state index in [0.717, 1.165) is 5.06 Å². The highest BCUT2D eigenvalue weighted by molar-refractivity contribution is 5.29. The van der Waals surface area contributed by atoms with Gasteiger partial charge in [-0.3, -0.25) is 10.3 Å². The quantitative estimate of drug-likeness (QED) is 0.513. The highest BCUT2D eigenvalue weighted by atomic mass is 16.5. The normalized spacial score (nSPS) is 16.9. The highest BCUT2D eigenvalue weighted by Gasteiger charge is 2.01. The summed E-state index contributed by atoms with van der Waals surface area (Å²) in [5, 5.41) is 18.1. The summed E-state index contributed by atoms with van der Waals surface area (Å²) in [6, 6.07) is 1.94. The number of allylic oxidation sites excluding steroid dienone is 2. The number of hydrogen-bond acceptors (Lipinski definition) is 3. The standard InChI is InChI=1S/C6H6N2O/c7-4-6-2-1-3-8(9)5-6/h1-3,9H,5H2. The first kappa shape index (κ1) is 5.86. The molecule has 0 aromatic carbocycles. The molecule has 0 unspecified atom stereocenters. The van der Waals surface area contributed by atoms with Gasteiger partial charge in [-0.15, -0.1) is 0 Å². The second-order valence-corrected chi connectivity index (χ2v) is 1.74. The van der Waals surface area contributed by atoms with E-state index in [9.17, 15) is 0 Å². The van der Waals surface area contributed by atoms with Crippen LogP contribution in [0.2, 0.25) is 0 Å². The third-order valence-electron chi connectivity index (χ3n) is 1.03. The van der Waals surface area contributed by atoms with Gasteiger partial charge >= 0.3 is 0 Å². The van der Waals surface area contributed by atoms with E-state index < -0.39 is 0 Å². The van der Waals surface area contributed by atoms with E-state index in [1.807, 2.05) is 6.07 Å². The van der Waals surface area contributed by atoms with Crippen molar-refractivity contribution in [3.8, 4) is 6.07 Å². The summed E-state index contributed by atoms with van der Waals surface area (Å²) in [5.41, 5.74) is 0.569. The lowest BCUT2D eigenvalue weighted by Gasteiger charge is -2.12. The average molecular weight is 122 g/mol. The van der Waals surface area contributed by atoms with Crippen molar-refractivity contribution >= 4 is 0 Å². The zero-order valence-electron chi connectivity index (χ0n) is 4.78. The molecule has 3 heteroatoms. The fraction of sp³-hybridized carbons (Fsp3) is 0.167. The van der Waals surface area contributed by atoms with Gasteiger partial charge in [0.15, 0.2) is 0 Å². The first-order valence-electron chi connectivity index (χ1n) is 2.56. The van der Waals surface area contributed by atoms with Gasteiger partial charge in [0, 0.05) is 6.20 Å². The van der Waals surface area contributed by atoms with Crippen LogP contribution < -0.4 is 0 Å². The summed E-state index contributed by atoms with van der Waals surface area (Å²) in [6.07, 6.45) is 4.80. The summed E-state index contributed by atoms with van der Waals surface area (Å²) in [7, 11) is 0. The van der Waals surface area contributed by atoms with Crippen molar-refractivity contribution in [2.45, 2.75) is 0 Å². The molecule has 0 saturated carbocycles. The molecule has 0 aromatic rings. The van der Waals surface area contributed by atoms with Crippen LogP contribution in [-0.2, 0) is 0 Å². The van der Waals surface area contributed by atoms with Gasteiger partial charge in [0.05, 0.1) is 18.2 Å². The molecule has 0 amide bonds. The van der Waals surface area contributed by atoms with Gasteiger partial charge in [-0.05, 0) is 12.2 Å². The van der Waals surface area contributed by atoms with Crippen LogP contribution in [0.25, 0.3) is 0 Å². The van der Waals surface area contributed by atoms with E-state index in [0.29, 0.717) is 12.1 Å². The molecular formula is C6H6N2O. The van der Waals surface area contributed by atoms with Crippen LogP contribution in [0, 0.1) is 11.3 Å². The Bertz CT molecular complexity index is 200. The van der Waals surface area contributed by atoms with Gasteiger partial charge in [0.1, 0.15) is 0 Å². The van der Waals surface area contributed by atoms with Gasteiger partial charge in [-0.1, -0.05) is 0 Å². The third-order valence-corrected chi connectivity index (χ3v) is 1.03. The maximum atomic E-state index is 8.77. The number of hydroxylamine groups is 2. The Morgan fingerprint density at radius 1 is 1.78 bits per heavy atom. The van der Waals surface area contributed by atoms with Crippen LogP contribution >= 0.6 is 0 Å². The maximum absolute atomic E-state index is 8.77. The summed E-state index contributed by atoms with van der Waals surface area (Å²) in [5.74, 6) is 0. The Balaban J connectivity index is 2.69. The fourth-order valence-corrected chi connectivity index (χ4v) is 0.611. The monoisotopic (exact) mass is 122 g/mol. The molecule has 1 rings (SSSR count). The van der Waals surface area contributed by atoms with Crippen molar-refractivity contribution in [2.24, 2.45) is 0 Å². The third kappa shape index (κ3) is 1.31. The van der Waals surface area contributed by atoms with E-state index in [2.05, 4.69) is 0 Å². The Hall–Kier alpha value is -1.27. The molecule has 1 N–H and O–H groups in total. The number of rotatable bonds is 0. The van der Waals surface area contributed by atoms with E-state index in [4.69, 9.17) is 10.5 Å². The van der Waals surface area contributed by atoms with Gasteiger partial charge in [-0.2, -0.15) is 5.26 Å². The second kappa shape index (κ2) is 2.33. The van der Waals surface area contributed by atoms with Gasteiger partial charge < -0.3 is 0 Å². The van der Waals surface area contributed by atoms with Crippen LogP contribution in [0.5, 0.6) is 0 Å². The van der Waals surface area contributed by atoms with Crippen molar-refractivity contribution in [1.29, 1.82) is 5.26 Å². The van der Waals surface area contributed by atoms with Crippen molar-refractivity contribution in [1.82, 2.24) is 5.06 Å². The van der Waals surface area contributed by atoms with Crippen LogP contribution in [0.3, 0.4) is 0 Å². The summed E-state index contributed by atoms with van der Waals surface area (Å²) in [6.45, 7) is 0.299. The summed E-state index contributed by atoms with van der Waals surface area (Å²) in [4.78, 5) is 0. The van der Waals surface area contributed by atoms with Crippen LogP contribution in [0.4, 0.5) is 0 Å². The second-order valence-electron chi connectivity index (χ2n) is 1.74. The van der Waals surface area contributed by atoms with E-state index >= 15 is 0 Å². The molecule has 0 saturated heterocycles. The summed E-state index contributed by atoms with van der Waals surface area (Å²) >= 11 is 0. The zero-order chi connectivity index (χ0) is 6.69. The lowest BCUT2D eigenvalue weighted by Crippen LogP contribution is -2.16. The molecule has 46 valence electrons. The van der Waals surface area contributed by atoms with Gasteiger partial charge in [0.25, 0.3) is 0 Å². The molecule has 3 nitrogen and oxygen atoms in total. The van der Waals surface area contributed by atoms with E-state index in [1.165, 1.54) is 6.20 Å². The Morgan fingerprint density at radius 3 is 3.00 bits per heavy atom. The first-order valence-corrected chi connectivity index (χ1v) is 2.56. The molecule has 0 radical (unpaired) electrons. The van der Waals surface area contributed by atoms with Crippen molar-refractivity contribution in [3.05, 3.63) is 23.9 Å². The first-order chi connectivity index (χ1) is 4.33. The fourth-order valence-electron chi connectivity index (χ4n) is 0.611. The molecule has 0 atom stereocenters. The largest absolute Gasteiger partial charge is 0.289 e. The minimum atomic E-state index is 0.299. The van der Waals surface area contributed by atoms with Crippen LogP contribution in [-0.4, -0.2) is 16.8 Å². The Morgan fingerprint density at radius 2 is 2.56 bits per heavy atom. The van der Waals surface area contributed by atoms with Crippen LogP contribution in [0.1, 0.15) is 0 Å². The SMILES string of the molecule is N#CC1=CC=CN(O)C1. The van der Waals surface area contributed by atoms with Gasteiger partial charge in [-0.25, -0.2) is 0 Å². The molecule has 1 aliphatic rings. The molecule has 0 spiro atoms. The summed E-state index contributed by atoms with van der Waals surface area (Å²) < 4.78 is 0. The van der Waals surface area contributed by atoms with E-state index in [1.54, 1.807) is 12.2 Å².